The van der Waals surface area contributed by atoms with Crippen molar-refractivity contribution in [2.45, 2.75) is 33.2 Å². The zero-order valence-corrected chi connectivity index (χ0v) is 17.4. The predicted molar refractivity (Wildman–Crippen MR) is 111 cm³/mol. The van der Waals surface area contributed by atoms with Crippen LogP contribution in [0, 0.1) is 11.7 Å². The van der Waals surface area contributed by atoms with Crippen molar-refractivity contribution in [2.24, 2.45) is 5.92 Å². The highest BCUT2D eigenvalue weighted by Crippen LogP contribution is 2.30. The Hall–Kier alpha value is -2.96. The molecule has 2 aromatic rings. The lowest BCUT2D eigenvalue weighted by Gasteiger charge is -2.14. The maximum atomic E-state index is 13.4. The molecule has 6 nitrogen and oxygen atoms in total. The molecule has 2 amide bonds. The molecule has 0 radical (unpaired) electrons. The van der Waals surface area contributed by atoms with E-state index in [0.29, 0.717) is 41.0 Å². The number of halogens is 1. The molecule has 2 rings (SSSR count). The van der Waals surface area contributed by atoms with Crippen LogP contribution in [0.2, 0.25) is 0 Å². The number of nitrogens with one attached hydrogen (secondary N) is 2. The highest BCUT2D eigenvalue weighted by molar-refractivity contribution is 5.89. The van der Waals surface area contributed by atoms with Gasteiger partial charge >= 0.3 is 6.03 Å². The van der Waals surface area contributed by atoms with Crippen LogP contribution in [0.3, 0.4) is 0 Å². The lowest BCUT2D eigenvalue weighted by molar-refractivity contribution is 0.251. The van der Waals surface area contributed by atoms with Gasteiger partial charge in [0.1, 0.15) is 11.6 Å². The summed E-state index contributed by atoms with van der Waals surface area (Å²) in [5.41, 5.74) is 1.11. The highest BCUT2D eigenvalue weighted by Gasteiger charge is 2.10. The van der Waals surface area contributed by atoms with Crippen LogP contribution in [0.1, 0.15) is 32.3 Å². The van der Waals surface area contributed by atoms with Crippen molar-refractivity contribution >= 4 is 11.7 Å². The van der Waals surface area contributed by atoms with Gasteiger partial charge in [-0.2, -0.15) is 0 Å². The number of urea groups is 1. The van der Waals surface area contributed by atoms with E-state index in [9.17, 15) is 9.18 Å². The number of anilines is 1. The molecule has 0 heterocycles. The Labute approximate surface area is 171 Å². The van der Waals surface area contributed by atoms with E-state index in [-0.39, 0.29) is 6.54 Å². The Bertz CT molecular complexity index is 811. The lowest BCUT2D eigenvalue weighted by Crippen LogP contribution is -2.28. The standard InChI is InChI=1S/C22H29FN2O4/c1-15(2)6-5-11-29-21-13-18(8-10-20(21)28-4)25-22(26)24-14-16-12-17(23)7-9-19(16)27-3/h7-10,12-13,15H,5-6,11,14H2,1-4H3,(H2,24,25,26). The largest absolute Gasteiger partial charge is 0.496 e. The van der Waals surface area contributed by atoms with Crippen molar-refractivity contribution in [1.82, 2.24) is 5.32 Å². The van der Waals surface area contributed by atoms with Crippen molar-refractivity contribution in [1.29, 1.82) is 0 Å². The monoisotopic (exact) mass is 404 g/mol. The Morgan fingerprint density at radius 2 is 1.76 bits per heavy atom. The van der Waals surface area contributed by atoms with Crippen molar-refractivity contribution in [3.05, 3.63) is 47.8 Å². The minimum Gasteiger partial charge on any atom is -0.496 e. The van der Waals surface area contributed by atoms with E-state index in [1.165, 1.54) is 25.3 Å². The molecule has 0 aromatic heterocycles. The second kappa shape index (κ2) is 11.1. The maximum Gasteiger partial charge on any atom is 0.319 e. The molecule has 2 aromatic carbocycles. The number of carbonyl (C=O) groups excluding carboxylic acids is 1. The van der Waals surface area contributed by atoms with Crippen LogP contribution in [0.15, 0.2) is 36.4 Å². The van der Waals surface area contributed by atoms with Gasteiger partial charge in [-0.25, -0.2) is 9.18 Å². The van der Waals surface area contributed by atoms with E-state index < -0.39 is 11.8 Å². The van der Waals surface area contributed by atoms with Crippen molar-refractivity contribution in [2.75, 3.05) is 26.1 Å². The Balaban J connectivity index is 1.95. The Morgan fingerprint density at radius 3 is 2.45 bits per heavy atom. The quantitative estimate of drug-likeness (QED) is 0.548. The first-order valence-corrected chi connectivity index (χ1v) is 9.61. The van der Waals surface area contributed by atoms with Crippen LogP contribution in [-0.4, -0.2) is 26.9 Å². The van der Waals surface area contributed by atoms with E-state index in [1.807, 2.05) is 0 Å². The summed E-state index contributed by atoms with van der Waals surface area (Å²) in [5, 5.41) is 5.44. The number of hydrogen-bond donors (Lipinski definition) is 2. The van der Waals surface area contributed by atoms with Crippen LogP contribution in [0.5, 0.6) is 17.2 Å². The first-order valence-electron chi connectivity index (χ1n) is 9.61. The molecule has 0 saturated carbocycles. The number of rotatable bonds is 10. The van der Waals surface area contributed by atoms with Gasteiger partial charge in [0, 0.05) is 23.9 Å². The number of carbonyl (C=O) groups is 1. The van der Waals surface area contributed by atoms with E-state index in [4.69, 9.17) is 14.2 Å². The first kappa shape index (κ1) is 22.3. The van der Waals surface area contributed by atoms with Crippen LogP contribution in [-0.2, 0) is 6.54 Å². The number of benzene rings is 2. The SMILES string of the molecule is COc1ccc(F)cc1CNC(=O)Nc1ccc(OC)c(OCCCC(C)C)c1. The predicted octanol–water partition coefficient (Wildman–Crippen LogP) is 4.98. The summed E-state index contributed by atoms with van der Waals surface area (Å²) >= 11 is 0. The molecule has 0 spiro atoms. The molecule has 0 aliphatic rings. The van der Waals surface area contributed by atoms with Crippen molar-refractivity contribution in [3.63, 3.8) is 0 Å². The molecule has 0 aliphatic heterocycles. The van der Waals surface area contributed by atoms with Gasteiger partial charge in [0.05, 0.1) is 20.8 Å². The van der Waals surface area contributed by atoms with Gasteiger partial charge in [0.25, 0.3) is 0 Å². The zero-order chi connectivity index (χ0) is 21.2. The van der Waals surface area contributed by atoms with Crippen LogP contribution >= 0.6 is 0 Å². The molecule has 0 unspecified atom stereocenters. The second-order valence-corrected chi connectivity index (χ2v) is 7.01. The van der Waals surface area contributed by atoms with Gasteiger partial charge in [-0.15, -0.1) is 0 Å². The van der Waals surface area contributed by atoms with E-state index in [1.54, 1.807) is 25.3 Å². The van der Waals surface area contributed by atoms with Gasteiger partial charge in [-0.05, 0) is 49.1 Å². The fourth-order valence-corrected chi connectivity index (χ4v) is 2.78. The fourth-order valence-electron chi connectivity index (χ4n) is 2.78. The average molecular weight is 404 g/mol. The number of ether oxygens (including phenoxy) is 3. The summed E-state index contributed by atoms with van der Waals surface area (Å²) in [6.45, 7) is 5.04. The summed E-state index contributed by atoms with van der Waals surface area (Å²) in [6, 6.07) is 8.92. The van der Waals surface area contributed by atoms with E-state index >= 15 is 0 Å². The van der Waals surface area contributed by atoms with Crippen molar-refractivity contribution in [3.8, 4) is 17.2 Å². The number of hydrogen-bond acceptors (Lipinski definition) is 4. The molecule has 29 heavy (non-hydrogen) atoms. The van der Waals surface area contributed by atoms with Gasteiger partial charge < -0.3 is 24.8 Å². The summed E-state index contributed by atoms with van der Waals surface area (Å²) in [7, 11) is 3.07. The highest BCUT2D eigenvalue weighted by atomic mass is 19.1. The van der Waals surface area contributed by atoms with E-state index in [0.717, 1.165) is 12.8 Å². The summed E-state index contributed by atoms with van der Waals surface area (Å²) in [5.74, 6) is 1.91. The molecule has 0 fully saturated rings. The Kier molecular flexibility index (Phi) is 8.58. The van der Waals surface area contributed by atoms with Crippen LogP contribution in [0.4, 0.5) is 14.9 Å². The topological polar surface area (TPSA) is 68.8 Å². The summed E-state index contributed by atoms with van der Waals surface area (Å²) in [6.07, 6.45) is 2.01. The molecule has 0 aliphatic carbocycles. The molecule has 158 valence electrons. The summed E-state index contributed by atoms with van der Waals surface area (Å²) in [4.78, 5) is 12.2. The van der Waals surface area contributed by atoms with Gasteiger partial charge in [-0.3, -0.25) is 0 Å². The third-order valence-corrected chi connectivity index (χ3v) is 4.29. The van der Waals surface area contributed by atoms with Crippen LogP contribution in [0.25, 0.3) is 0 Å². The van der Waals surface area contributed by atoms with Gasteiger partial charge in [0.2, 0.25) is 0 Å². The van der Waals surface area contributed by atoms with Gasteiger partial charge in [-0.1, -0.05) is 13.8 Å². The van der Waals surface area contributed by atoms with Gasteiger partial charge in [0.15, 0.2) is 11.5 Å². The molecular weight excluding hydrogens is 375 g/mol. The molecular formula is C22H29FN2O4. The molecule has 0 bridgehead atoms. The van der Waals surface area contributed by atoms with E-state index in [2.05, 4.69) is 24.5 Å². The average Bonchev–Trinajstić information content (AvgIpc) is 2.70. The lowest BCUT2D eigenvalue weighted by atomic mass is 10.1. The number of amides is 2. The molecule has 0 saturated heterocycles. The molecule has 2 N–H and O–H groups in total. The molecule has 0 atom stereocenters. The third kappa shape index (κ3) is 7.18. The second-order valence-electron chi connectivity index (χ2n) is 7.01. The Morgan fingerprint density at radius 1 is 1.03 bits per heavy atom. The van der Waals surface area contributed by atoms with Crippen molar-refractivity contribution < 1.29 is 23.4 Å². The number of methoxy groups -OCH3 is 2. The molecule has 7 heteroatoms. The zero-order valence-electron chi connectivity index (χ0n) is 17.4. The third-order valence-electron chi connectivity index (χ3n) is 4.29. The first-order chi connectivity index (χ1) is 13.9. The fraction of sp³-hybridized carbons (Fsp3) is 0.409. The minimum atomic E-state index is -0.424. The minimum absolute atomic E-state index is 0.126. The van der Waals surface area contributed by atoms with Crippen LogP contribution < -0.4 is 24.8 Å². The smallest absolute Gasteiger partial charge is 0.319 e. The summed E-state index contributed by atoms with van der Waals surface area (Å²) < 4.78 is 29.8. The maximum absolute atomic E-state index is 13.4. The normalized spacial score (nSPS) is 10.6.